The molecule has 2 aromatic rings. The molecule has 184 valence electrons. The molecule has 10 heteroatoms. The van der Waals surface area contributed by atoms with Crippen molar-refractivity contribution in [1.29, 1.82) is 0 Å². The monoisotopic (exact) mass is 473 g/mol. The number of hydrogen-bond acceptors (Lipinski definition) is 8. The second kappa shape index (κ2) is 11.4. The lowest BCUT2D eigenvalue weighted by atomic mass is 9.87. The van der Waals surface area contributed by atoms with Crippen LogP contribution in [0.3, 0.4) is 0 Å². The van der Waals surface area contributed by atoms with Crippen LogP contribution in [0.5, 0.6) is 11.6 Å². The number of benzene rings is 1. The second-order valence-electron chi connectivity index (χ2n) is 8.60. The molecule has 0 bridgehead atoms. The molecule has 2 heterocycles. The topological polar surface area (TPSA) is 97.8 Å². The van der Waals surface area contributed by atoms with Gasteiger partial charge in [-0.1, -0.05) is 0 Å². The van der Waals surface area contributed by atoms with E-state index in [0.717, 1.165) is 25.7 Å². The molecule has 1 aliphatic carbocycles. The molecule has 1 saturated heterocycles. The fourth-order valence-corrected chi connectivity index (χ4v) is 4.34. The van der Waals surface area contributed by atoms with Crippen molar-refractivity contribution in [1.82, 2.24) is 20.2 Å². The number of amides is 1. The van der Waals surface area contributed by atoms with Gasteiger partial charge in [-0.05, 0) is 44.7 Å². The van der Waals surface area contributed by atoms with Crippen molar-refractivity contribution in [3.05, 3.63) is 35.8 Å². The first-order valence-electron chi connectivity index (χ1n) is 11.7. The molecule has 34 heavy (non-hydrogen) atoms. The predicted octanol–water partition coefficient (Wildman–Crippen LogP) is 3.00. The number of nitrogens with one attached hydrogen (secondary N) is 2. The number of carbonyl (C=O) groups is 1. The number of hydrogen-bond donors (Lipinski definition) is 2. The average Bonchev–Trinajstić information content (AvgIpc) is 2.88. The van der Waals surface area contributed by atoms with Crippen LogP contribution in [0.1, 0.15) is 36.0 Å². The maximum Gasteiger partial charge on any atom is 0.257 e. The lowest BCUT2D eigenvalue weighted by Crippen LogP contribution is -2.41. The molecule has 1 aliphatic heterocycles. The van der Waals surface area contributed by atoms with Crippen LogP contribution in [0.4, 0.5) is 16.0 Å². The Morgan fingerprint density at radius 3 is 2.71 bits per heavy atom. The Balaban J connectivity index is 1.42. The lowest BCUT2D eigenvalue weighted by molar-refractivity contribution is 0.0299. The van der Waals surface area contributed by atoms with Crippen molar-refractivity contribution < 1.29 is 23.4 Å². The van der Waals surface area contributed by atoms with E-state index < -0.39 is 5.82 Å². The van der Waals surface area contributed by atoms with E-state index in [1.54, 1.807) is 17.2 Å². The highest BCUT2D eigenvalue weighted by atomic mass is 19.1. The molecular weight excluding hydrogens is 441 g/mol. The summed E-state index contributed by atoms with van der Waals surface area (Å²) in [6.07, 6.45) is 6.12. The van der Waals surface area contributed by atoms with Crippen LogP contribution >= 0.6 is 0 Å². The van der Waals surface area contributed by atoms with E-state index in [9.17, 15) is 9.18 Å². The van der Waals surface area contributed by atoms with Crippen molar-refractivity contribution in [3.8, 4) is 11.6 Å². The van der Waals surface area contributed by atoms with Crippen LogP contribution in [0, 0.1) is 11.7 Å². The number of halogens is 1. The first kappa shape index (κ1) is 24.2. The highest BCUT2D eigenvalue weighted by Crippen LogP contribution is 2.31. The number of rotatable bonds is 8. The fourth-order valence-electron chi connectivity index (χ4n) is 4.34. The number of morpholine rings is 1. The van der Waals surface area contributed by atoms with Gasteiger partial charge in [-0.15, -0.1) is 0 Å². The third-order valence-electron chi connectivity index (χ3n) is 6.42. The minimum Gasteiger partial charge on any atom is -0.495 e. The van der Waals surface area contributed by atoms with Crippen LogP contribution in [0.15, 0.2) is 24.4 Å². The zero-order chi connectivity index (χ0) is 23.9. The third kappa shape index (κ3) is 5.92. The molecule has 9 nitrogen and oxygen atoms in total. The van der Waals surface area contributed by atoms with Crippen molar-refractivity contribution in [3.63, 3.8) is 0 Å². The first-order valence-corrected chi connectivity index (χ1v) is 11.7. The van der Waals surface area contributed by atoms with Crippen LogP contribution < -0.4 is 20.1 Å². The van der Waals surface area contributed by atoms with Crippen LogP contribution in [-0.2, 0) is 4.74 Å². The molecule has 2 N–H and O–H groups in total. The predicted molar refractivity (Wildman–Crippen MR) is 125 cm³/mol. The lowest BCUT2D eigenvalue weighted by Gasteiger charge is -2.27. The van der Waals surface area contributed by atoms with Crippen LogP contribution in [0.2, 0.25) is 0 Å². The van der Waals surface area contributed by atoms with Gasteiger partial charge in [-0.2, -0.15) is 4.98 Å². The largest absolute Gasteiger partial charge is 0.495 e. The Bertz CT molecular complexity index is 978. The van der Waals surface area contributed by atoms with Crippen LogP contribution in [-0.4, -0.2) is 73.9 Å². The summed E-state index contributed by atoms with van der Waals surface area (Å²) in [5.74, 6) is 0.481. The minimum atomic E-state index is -0.649. The Kier molecular flexibility index (Phi) is 8.12. The van der Waals surface area contributed by atoms with Gasteiger partial charge in [0.05, 0.1) is 38.2 Å². The smallest absolute Gasteiger partial charge is 0.257 e. The summed E-state index contributed by atoms with van der Waals surface area (Å²) >= 11 is 0. The van der Waals surface area contributed by atoms with E-state index in [1.807, 2.05) is 7.05 Å². The molecule has 4 rings (SSSR count). The zero-order valence-corrected chi connectivity index (χ0v) is 19.7. The van der Waals surface area contributed by atoms with E-state index in [-0.39, 0.29) is 17.4 Å². The molecule has 0 unspecified atom stereocenters. The summed E-state index contributed by atoms with van der Waals surface area (Å²) in [4.78, 5) is 22.9. The van der Waals surface area contributed by atoms with Gasteiger partial charge in [0.25, 0.3) is 5.91 Å². The van der Waals surface area contributed by atoms with Crippen molar-refractivity contribution in [2.45, 2.75) is 31.7 Å². The SMILES string of the molecule is CNC1CCC(COc2ccnc(Nc3cc(F)c(C(=O)N4CCOCC4)cc3OC)n2)CC1. The molecule has 1 aromatic carbocycles. The standard InChI is InChI=1S/C24H32FN5O4/c1-26-17-5-3-16(4-6-17)15-34-22-7-8-27-24(29-22)28-20-14-19(25)18(13-21(20)32-2)23(31)30-9-11-33-12-10-30/h7-8,13-14,16-17,26H,3-6,9-12,15H2,1-2H3,(H,27,28,29). The maximum absolute atomic E-state index is 14.9. The Morgan fingerprint density at radius 2 is 2.00 bits per heavy atom. The van der Waals surface area contributed by atoms with Crippen LogP contribution in [0.25, 0.3) is 0 Å². The number of ether oxygens (including phenoxy) is 3. The molecule has 2 aliphatic rings. The summed E-state index contributed by atoms with van der Waals surface area (Å²) in [6.45, 7) is 2.34. The summed E-state index contributed by atoms with van der Waals surface area (Å²) in [5, 5.41) is 6.32. The van der Waals surface area contributed by atoms with Gasteiger partial charge in [0.1, 0.15) is 11.6 Å². The van der Waals surface area contributed by atoms with E-state index in [4.69, 9.17) is 14.2 Å². The minimum absolute atomic E-state index is 0.0460. The maximum atomic E-state index is 14.9. The third-order valence-corrected chi connectivity index (χ3v) is 6.42. The number of anilines is 2. The van der Waals surface area contributed by atoms with E-state index in [2.05, 4.69) is 20.6 Å². The molecule has 1 aromatic heterocycles. The number of methoxy groups -OCH3 is 1. The normalized spacial score (nSPS) is 20.6. The van der Waals surface area contributed by atoms with Crippen molar-refractivity contribution >= 4 is 17.5 Å². The van der Waals surface area contributed by atoms with Gasteiger partial charge in [0.2, 0.25) is 11.8 Å². The van der Waals surface area contributed by atoms with E-state index >= 15 is 0 Å². The summed E-state index contributed by atoms with van der Waals surface area (Å²) in [5.41, 5.74) is 0.274. The van der Waals surface area contributed by atoms with Gasteiger partial charge < -0.3 is 29.7 Å². The van der Waals surface area contributed by atoms with E-state index in [0.29, 0.717) is 62.2 Å². The fraction of sp³-hybridized carbons (Fsp3) is 0.542. The molecule has 0 spiro atoms. The van der Waals surface area contributed by atoms with Gasteiger partial charge in [0, 0.05) is 37.5 Å². The average molecular weight is 474 g/mol. The molecule has 1 amide bonds. The van der Waals surface area contributed by atoms with Crippen molar-refractivity contribution in [2.24, 2.45) is 5.92 Å². The highest BCUT2D eigenvalue weighted by Gasteiger charge is 2.24. The Labute approximate surface area is 199 Å². The summed E-state index contributed by atoms with van der Waals surface area (Å²) < 4.78 is 31.5. The number of aromatic nitrogens is 2. The van der Waals surface area contributed by atoms with Gasteiger partial charge in [0.15, 0.2) is 0 Å². The Morgan fingerprint density at radius 1 is 1.24 bits per heavy atom. The van der Waals surface area contributed by atoms with Gasteiger partial charge in [-0.25, -0.2) is 9.37 Å². The van der Waals surface area contributed by atoms with E-state index in [1.165, 1.54) is 19.2 Å². The summed E-state index contributed by atoms with van der Waals surface area (Å²) in [7, 11) is 3.47. The quantitative estimate of drug-likeness (QED) is 0.604. The molecule has 1 saturated carbocycles. The molecule has 0 atom stereocenters. The van der Waals surface area contributed by atoms with Crippen molar-refractivity contribution in [2.75, 3.05) is 52.4 Å². The molecule has 0 radical (unpaired) electrons. The first-order chi connectivity index (χ1) is 16.6. The molecule has 2 fully saturated rings. The number of carbonyl (C=O) groups excluding carboxylic acids is 1. The molecular formula is C24H32FN5O4. The van der Waals surface area contributed by atoms with Gasteiger partial charge in [-0.3, -0.25) is 4.79 Å². The number of nitrogens with zero attached hydrogens (tertiary/aromatic N) is 3. The second-order valence-corrected chi connectivity index (χ2v) is 8.60. The Hall–Kier alpha value is -2.98. The summed E-state index contributed by atoms with van der Waals surface area (Å²) in [6, 6.07) is 4.92. The van der Waals surface area contributed by atoms with Gasteiger partial charge >= 0.3 is 0 Å². The highest BCUT2D eigenvalue weighted by molar-refractivity contribution is 5.95. The zero-order valence-electron chi connectivity index (χ0n) is 19.7.